The van der Waals surface area contributed by atoms with E-state index in [0.29, 0.717) is 29.6 Å². The van der Waals surface area contributed by atoms with Gasteiger partial charge in [0.25, 0.3) is 5.91 Å². The van der Waals surface area contributed by atoms with Gasteiger partial charge in [-0.1, -0.05) is 13.8 Å². The molecule has 0 saturated heterocycles. The van der Waals surface area contributed by atoms with Crippen LogP contribution in [0, 0.1) is 5.92 Å². The van der Waals surface area contributed by atoms with Crippen LogP contribution in [0.2, 0.25) is 0 Å². The molecule has 0 aliphatic rings. The van der Waals surface area contributed by atoms with E-state index in [1.54, 1.807) is 24.4 Å². The molecule has 1 amide bonds. The van der Waals surface area contributed by atoms with E-state index < -0.39 is 0 Å². The van der Waals surface area contributed by atoms with Crippen LogP contribution >= 0.6 is 0 Å². The van der Waals surface area contributed by atoms with E-state index in [9.17, 15) is 4.79 Å². The molecule has 0 bridgehead atoms. The molecule has 0 aliphatic heterocycles. The standard InChI is InChI=1S/C21H26N2O4/c1-15(2)9-10-27-18-7-5-16(6-8-18)14-22-23-21(24)17-11-19(25-3)13-20(12-17)26-4/h5-8,11-15H,9-10H2,1-4H3,(H,23,24)/b22-14-. The van der Waals surface area contributed by atoms with E-state index >= 15 is 0 Å². The zero-order valence-corrected chi connectivity index (χ0v) is 16.2. The fraction of sp³-hybridized carbons (Fsp3) is 0.333. The molecule has 144 valence electrons. The zero-order chi connectivity index (χ0) is 19.6. The summed E-state index contributed by atoms with van der Waals surface area (Å²) in [6.45, 7) is 5.03. The summed E-state index contributed by atoms with van der Waals surface area (Å²) in [7, 11) is 3.07. The van der Waals surface area contributed by atoms with Crippen molar-refractivity contribution in [2.24, 2.45) is 11.0 Å². The molecule has 0 saturated carbocycles. The summed E-state index contributed by atoms with van der Waals surface area (Å²) >= 11 is 0. The highest BCUT2D eigenvalue weighted by Crippen LogP contribution is 2.22. The molecular weight excluding hydrogens is 344 g/mol. The summed E-state index contributed by atoms with van der Waals surface area (Å²) in [6, 6.07) is 12.5. The average Bonchev–Trinajstić information content (AvgIpc) is 2.68. The summed E-state index contributed by atoms with van der Waals surface area (Å²) in [4.78, 5) is 12.2. The maximum Gasteiger partial charge on any atom is 0.271 e. The van der Waals surface area contributed by atoms with Crippen molar-refractivity contribution in [2.75, 3.05) is 20.8 Å². The van der Waals surface area contributed by atoms with Gasteiger partial charge in [-0.05, 0) is 54.3 Å². The molecular formula is C21H26N2O4. The van der Waals surface area contributed by atoms with Gasteiger partial charge in [-0.2, -0.15) is 5.10 Å². The van der Waals surface area contributed by atoms with Gasteiger partial charge in [-0.25, -0.2) is 5.43 Å². The predicted octanol–water partition coefficient (Wildman–Crippen LogP) is 3.89. The number of hydrazone groups is 1. The van der Waals surface area contributed by atoms with Gasteiger partial charge in [0.1, 0.15) is 17.2 Å². The van der Waals surface area contributed by atoms with Crippen LogP contribution in [0.5, 0.6) is 17.2 Å². The van der Waals surface area contributed by atoms with Gasteiger partial charge in [0.15, 0.2) is 0 Å². The van der Waals surface area contributed by atoms with Gasteiger partial charge >= 0.3 is 0 Å². The van der Waals surface area contributed by atoms with Crippen LogP contribution in [0.3, 0.4) is 0 Å². The maximum atomic E-state index is 12.2. The van der Waals surface area contributed by atoms with E-state index in [1.807, 2.05) is 24.3 Å². The number of nitrogens with one attached hydrogen (secondary N) is 1. The van der Waals surface area contributed by atoms with Gasteiger partial charge in [-0.3, -0.25) is 4.79 Å². The molecule has 6 nitrogen and oxygen atoms in total. The van der Waals surface area contributed by atoms with Crippen molar-refractivity contribution in [1.29, 1.82) is 0 Å². The number of amides is 1. The number of hydrogen-bond donors (Lipinski definition) is 1. The topological polar surface area (TPSA) is 69.2 Å². The van der Waals surface area contributed by atoms with Gasteiger partial charge in [-0.15, -0.1) is 0 Å². The van der Waals surface area contributed by atoms with Gasteiger partial charge < -0.3 is 14.2 Å². The molecule has 0 fully saturated rings. The highest BCUT2D eigenvalue weighted by molar-refractivity contribution is 5.95. The third-order valence-electron chi connectivity index (χ3n) is 3.84. The number of benzene rings is 2. The summed E-state index contributed by atoms with van der Waals surface area (Å²) in [5, 5.41) is 4.00. The number of rotatable bonds is 9. The number of ether oxygens (including phenoxy) is 3. The maximum absolute atomic E-state index is 12.2. The van der Waals surface area contributed by atoms with Crippen molar-refractivity contribution in [3.63, 3.8) is 0 Å². The smallest absolute Gasteiger partial charge is 0.271 e. The van der Waals surface area contributed by atoms with E-state index in [4.69, 9.17) is 14.2 Å². The average molecular weight is 370 g/mol. The first-order chi connectivity index (χ1) is 13.0. The second kappa shape index (κ2) is 10.2. The van der Waals surface area contributed by atoms with E-state index in [1.165, 1.54) is 14.2 Å². The van der Waals surface area contributed by atoms with Crippen LogP contribution in [-0.4, -0.2) is 32.9 Å². The van der Waals surface area contributed by atoms with Crippen molar-refractivity contribution in [2.45, 2.75) is 20.3 Å². The Bertz CT molecular complexity index is 748. The minimum atomic E-state index is -0.350. The molecule has 2 aromatic carbocycles. The normalized spacial score (nSPS) is 10.9. The molecule has 2 aromatic rings. The van der Waals surface area contributed by atoms with E-state index in [-0.39, 0.29) is 5.91 Å². The molecule has 0 radical (unpaired) electrons. The Kier molecular flexibility index (Phi) is 7.67. The Morgan fingerprint density at radius 3 is 2.22 bits per heavy atom. The third-order valence-corrected chi connectivity index (χ3v) is 3.84. The molecule has 0 spiro atoms. The molecule has 2 rings (SSSR count). The van der Waals surface area contributed by atoms with Crippen LogP contribution in [0.1, 0.15) is 36.2 Å². The second-order valence-electron chi connectivity index (χ2n) is 6.40. The van der Waals surface area contributed by atoms with Crippen LogP contribution in [0.4, 0.5) is 0 Å². The molecule has 0 aliphatic carbocycles. The van der Waals surface area contributed by atoms with E-state index in [2.05, 4.69) is 24.4 Å². The Morgan fingerprint density at radius 2 is 1.67 bits per heavy atom. The Morgan fingerprint density at radius 1 is 1.04 bits per heavy atom. The largest absolute Gasteiger partial charge is 0.497 e. The fourth-order valence-corrected chi connectivity index (χ4v) is 2.23. The van der Waals surface area contributed by atoms with Crippen LogP contribution in [0.15, 0.2) is 47.6 Å². The second-order valence-corrected chi connectivity index (χ2v) is 6.40. The summed E-state index contributed by atoms with van der Waals surface area (Å²) in [5.74, 6) is 2.16. The first-order valence-corrected chi connectivity index (χ1v) is 8.81. The Labute approximate surface area is 160 Å². The monoisotopic (exact) mass is 370 g/mol. The van der Waals surface area contributed by atoms with Crippen LogP contribution in [0.25, 0.3) is 0 Å². The minimum Gasteiger partial charge on any atom is -0.497 e. The first-order valence-electron chi connectivity index (χ1n) is 8.81. The molecule has 0 unspecified atom stereocenters. The SMILES string of the molecule is COc1cc(OC)cc(C(=O)N/N=C\c2ccc(OCCC(C)C)cc2)c1. The molecule has 6 heteroatoms. The molecule has 1 N–H and O–H groups in total. The molecule has 0 aromatic heterocycles. The number of carbonyl (C=O) groups excluding carboxylic acids is 1. The highest BCUT2D eigenvalue weighted by Gasteiger charge is 2.09. The molecule has 0 atom stereocenters. The molecule has 27 heavy (non-hydrogen) atoms. The van der Waals surface area contributed by atoms with Gasteiger partial charge in [0.05, 0.1) is 27.0 Å². The third kappa shape index (κ3) is 6.66. The van der Waals surface area contributed by atoms with Crippen molar-refractivity contribution >= 4 is 12.1 Å². The summed E-state index contributed by atoms with van der Waals surface area (Å²) in [6.07, 6.45) is 2.59. The number of nitrogens with zero attached hydrogens (tertiary/aromatic N) is 1. The van der Waals surface area contributed by atoms with E-state index in [0.717, 1.165) is 17.7 Å². The van der Waals surface area contributed by atoms with Crippen LogP contribution in [-0.2, 0) is 0 Å². The number of carbonyl (C=O) groups is 1. The van der Waals surface area contributed by atoms with Gasteiger partial charge in [0.2, 0.25) is 0 Å². The lowest BCUT2D eigenvalue weighted by molar-refractivity contribution is 0.0954. The highest BCUT2D eigenvalue weighted by atomic mass is 16.5. The van der Waals surface area contributed by atoms with Gasteiger partial charge in [0, 0.05) is 11.6 Å². The number of hydrogen-bond acceptors (Lipinski definition) is 5. The van der Waals surface area contributed by atoms with Crippen molar-refractivity contribution < 1.29 is 19.0 Å². The van der Waals surface area contributed by atoms with Crippen molar-refractivity contribution in [1.82, 2.24) is 5.43 Å². The predicted molar refractivity (Wildman–Crippen MR) is 106 cm³/mol. The van der Waals surface area contributed by atoms with Crippen molar-refractivity contribution in [3.05, 3.63) is 53.6 Å². The quantitative estimate of drug-likeness (QED) is 0.537. The Hall–Kier alpha value is -3.02. The first kappa shape index (κ1) is 20.3. The fourth-order valence-electron chi connectivity index (χ4n) is 2.23. The van der Waals surface area contributed by atoms with Crippen LogP contribution < -0.4 is 19.6 Å². The minimum absolute atomic E-state index is 0.350. The lowest BCUT2D eigenvalue weighted by Gasteiger charge is -2.08. The zero-order valence-electron chi connectivity index (χ0n) is 16.2. The lowest BCUT2D eigenvalue weighted by Crippen LogP contribution is -2.17. The summed E-state index contributed by atoms with van der Waals surface area (Å²) < 4.78 is 16.0. The molecule has 0 heterocycles. The lowest BCUT2D eigenvalue weighted by atomic mass is 10.1. The summed E-state index contributed by atoms with van der Waals surface area (Å²) in [5.41, 5.74) is 3.76. The Balaban J connectivity index is 1.92. The van der Waals surface area contributed by atoms with Crippen molar-refractivity contribution in [3.8, 4) is 17.2 Å². The number of methoxy groups -OCH3 is 2.